The topological polar surface area (TPSA) is 89.0 Å². The molecule has 1 heterocycles. The SMILES string of the molecule is COc1ccc(OC)c(NC(=O)C[C@H]2SC(=NC3CC3)NC2=O)c1. The van der Waals surface area contributed by atoms with Crippen LogP contribution in [0.4, 0.5) is 5.69 Å². The normalized spacial score (nSPS) is 21.5. The number of thioether (sulfide) groups is 1. The summed E-state index contributed by atoms with van der Waals surface area (Å²) in [5.74, 6) is 0.704. The van der Waals surface area contributed by atoms with Gasteiger partial charge in [-0.1, -0.05) is 11.8 Å². The van der Waals surface area contributed by atoms with Crippen molar-refractivity contribution < 1.29 is 19.1 Å². The van der Waals surface area contributed by atoms with E-state index < -0.39 is 5.25 Å². The van der Waals surface area contributed by atoms with Crippen molar-refractivity contribution in [2.45, 2.75) is 30.6 Å². The molecule has 1 aliphatic heterocycles. The third kappa shape index (κ3) is 4.00. The van der Waals surface area contributed by atoms with Gasteiger partial charge in [0, 0.05) is 12.5 Å². The van der Waals surface area contributed by atoms with Gasteiger partial charge in [-0.15, -0.1) is 0 Å². The van der Waals surface area contributed by atoms with Crippen molar-refractivity contribution in [1.82, 2.24) is 5.32 Å². The number of benzene rings is 1. The number of anilines is 1. The van der Waals surface area contributed by atoms with Gasteiger partial charge in [-0.05, 0) is 25.0 Å². The van der Waals surface area contributed by atoms with E-state index in [1.165, 1.54) is 18.9 Å². The Labute approximate surface area is 144 Å². The highest BCUT2D eigenvalue weighted by Gasteiger charge is 2.33. The summed E-state index contributed by atoms with van der Waals surface area (Å²) in [6.07, 6.45) is 2.21. The lowest BCUT2D eigenvalue weighted by atomic mass is 10.2. The molecule has 1 atom stereocenters. The Morgan fingerprint density at radius 3 is 2.83 bits per heavy atom. The number of aliphatic imine (C=N–C) groups is 1. The zero-order valence-electron chi connectivity index (χ0n) is 13.5. The molecule has 1 saturated heterocycles. The molecule has 0 spiro atoms. The molecule has 1 aromatic carbocycles. The number of carbonyl (C=O) groups excluding carboxylic acids is 2. The summed E-state index contributed by atoms with van der Waals surface area (Å²) in [5, 5.41) is 5.67. The second kappa shape index (κ2) is 7.12. The van der Waals surface area contributed by atoms with Gasteiger partial charge in [0.1, 0.15) is 16.7 Å². The number of amidine groups is 1. The molecular weight excluding hydrogens is 330 g/mol. The predicted molar refractivity (Wildman–Crippen MR) is 92.8 cm³/mol. The fourth-order valence-electron chi connectivity index (χ4n) is 2.25. The second-order valence-electron chi connectivity index (χ2n) is 5.58. The molecule has 1 saturated carbocycles. The van der Waals surface area contributed by atoms with Crippen LogP contribution in [0.1, 0.15) is 19.3 Å². The van der Waals surface area contributed by atoms with Gasteiger partial charge in [0.05, 0.1) is 25.9 Å². The lowest BCUT2D eigenvalue weighted by Gasteiger charge is -2.12. The van der Waals surface area contributed by atoms with Crippen molar-refractivity contribution in [3.8, 4) is 11.5 Å². The molecule has 1 aromatic rings. The molecule has 2 aliphatic rings. The van der Waals surface area contributed by atoms with Gasteiger partial charge in [-0.2, -0.15) is 0 Å². The van der Waals surface area contributed by atoms with Crippen LogP contribution in [-0.2, 0) is 9.59 Å². The van der Waals surface area contributed by atoms with Gasteiger partial charge in [0.2, 0.25) is 11.8 Å². The Morgan fingerprint density at radius 1 is 1.38 bits per heavy atom. The Bertz CT molecular complexity index is 688. The number of methoxy groups -OCH3 is 2. The van der Waals surface area contributed by atoms with Crippen molar-refractivity contribution in [3.05, 3.63) is 18.2 Å². The second-order valence-corrected chi connectivity index (χ2v) is 6.77. The van der Waals surface area contributed by atoms with Crippen LogP contribution in [-0.4, -0.2) is 42.5 Å². The first-order valence-electron chi connectivity index (χ1n) is 7.66. The van der Waals surface area contributed by atoms with E-state index in [1.54, 1.807) is 25.3 Å². The summed E-state index contributed by atoms with van der Waals surface area (Å²) in [6.45, 7) is 0. The van der Waals surface area contributed by atoms with E-state index in [0.29, 0.717) is 28.4 Å². The summed E-state index contributed by atoms with van der Waals surface area (Å²) >= 11 is 1.32. The molecule has 3 rings (SSSR count). The maximum absolute atomic E-state index is 12.3. The number of carbonyl (C=O) groups is 2. The molecule has 8 heteroatoms. The molecule has 2 N–H and O–H groups in total. The maximum Gasteiger partial charge on any atom is 0.240 e. The standard InChI is InChI=1S/C16H19N3O4S/c1-22-10-5-6-12(23-2)11(7-10)18-14(20)8-13-15(21)19-16(24-13)17-9-3-4-9/h5-7,9,13H,3-4,8H2,1-2H3,(H,18,20)(H,17,19,21)/t13-/m1/s1. The Hall–Kier alpha value is -2.22. The number of amides is 2. The average molecular weight is 349 g/mol. The van der Waals surface area contributed by atoms with Gasteiger partial charge in [-0.25, -0.2) is 0 Å². The summed E-state index contributed by atoms with van der Waals surface area (Å²) in [5.41, 5.74) is 0.511. The molecule has 24 heavy (non-hydrogen) atoms. The molecule has 2 amide bonds. The van der Waals surface area contributed by atoms with Crippen LogP contribution >= 0.6 is 11.8 Å². The Morgan fingerprint density at radius 2 is 2.17 bits per heavy atom. The summed E-state index contributed by atoms with van der Waals surface area (Å²) in [6, 6.07) is 5.47. The van der Waals surface area contributed by atoms with Gasteiger partial charge in [0.25, 0.3) is 0 Å². The predicted octanol–water partition coefficient (Wildman–Crippen LogP) is 1.78. The van der Waals surface area contributed by atoms with Crippen molar-refractivity contribution >= 4 is 34.4 Å². The molecular formula is C16H19N3O4S. The lowest BCUT2D eigenvalue weighted by Crippen LogP contribution is -2.28. The van der Waals surface area contributed by atoms with Crippen LogP contribution in [0.2, 0.25) is 0 Å². The highest BCUT2D eigenvalue weighted by molar-refractivity contribution is 8.15. The van der Waals surface area contributed by atoms with Gasteiger partial charge in [-0.3, -0.25) is 14.6 Å². The van der Waals surface area contributed by atoms with Gasteiger partial charge >= 0.3 is 0 Å². The number of rotatable bonds is 6. The van der Waals surface area contributed by atoms with Crippen molar-refractivity contribution in [3.63, 3.8) is 0 Å². The van der Waals surface area contributed by atoms with Crippen LogP contribution in [0.25, 0.3) is 0 Å². The summed E-state index contributed by atoms with van der Waals surface area (Å²) in [4.78, 5) is 28.7. The highest BCUT2D eigenvalue weighted by Crippen LogP contribution is 2.31. The highest BCUT2D eigenvalue weighted by atomic mass is 32.2. The third-order valence-electron chi connectivity index (χ3n) is 3.67. The monoisotopic (exact) mass is 349 g/mol. The van der Waals surface area contributed by atoms with Crippen LogP contribution in [0.5, 0.6) is 11.5 Å². The Balaban J connectivity index is 1.62. The van der Waals surface area contributed by atoms with E-state index in [0.717, 1.165) is 12.8 Å². The minimum atomic E-state index is -0.459. The van der Waals surface area contributed by atoms with Crippen molar-refractivity contribution in [2.75, 3.05) is 19.5 Å². The van der Waals surface area contributed by atoms with Crippen LogP contribution in [0, 0.1) is 0 Å². The fraction of sp³-hybridized carbons (Fsp3) is 0.438. The van der Waals surface area contributed by atoms with Crippen molar-refractivity contribution in [2.24, 2.45) is 4.99 Å². The maximum atomic E-state index is 12.3. The minimum Gasteiger partial charge on any atom is -0.497 e. The minimum absolute atomic E-state index is 0.0700. The van der Waals surface area contributed by atoms with Crippen LogP contribution in [0.3, 0.4) is 0 Å². The van der Waals surface area contributed by atoms with Gasteiger partial charge < -0.3 is 20.1 Å². The first-order valence-corrected chi connectivity index (χ1v) is 8.54. The Kier molecular flexibility index (Phi) is 4.94. The number of nitrogens with zero attached hydrogens (tertiary/aromatic N) is 1. The van der Waals surface area contributed by atoms with Gasteiger partial charge in [0.15, 0.2) is 5.17 Å². The molecule has 0 radical (unpaired) electrons. The molecule has 7 nitrogen and oxygen atoms in total. The molecule has 128 valence electrons. The third-order valence-corrected chi connectivity index (χ3v) is 4.77. The number of nitrogens with one attached hydrogen (secondary N) is 2. The first kappa shape index (κ1) is 16.6. The van der Waals surface area contributed by atoms with Crippen LogP contribution < -0.4 is 20.1 Å². The zero-order chi connectivity index (χ0) is 17.1. The van der Waals surface area contributed by atoms with E-state index in [9.17, 15) is 9.59 Å². The number of ether oxygens (including phenoxy) is 2. The first-order chi connectivity index (χ1) is 11.6. The molecule has 0 unspecified atom stereocenters. The van der Waals surface area contributed by atoms with E-state index in [1.807, 2.05) is 0 Å². The molecule has 2 fully saturated rings. The molecule has 0 bridgehead atoms. The lowest BCUT2D eigenvalue weighted by molar-refractivity contribution is -0.122. The summed E-state index contributed by atoms with van der Waals surface area (Å²) < 4.78 is 10.4. The molecule has 1 aliphatic carbocycles. The number of hydrogen-bond donors (Lipinski definition) is 2. The average Bonchev–Trinajstić information content (AvgIpc) is 3.31. The molecule has 0 aromatic heterocycles. The largest absolute Gasteiger partial charge is 0.497 e. The van der Waals surface area contributed by atoms with E-state index in [4.69, 9.17) is 9.47 Å². The fourth-order valence-corrected chi connectivity index (χ4v) is 3.29. The zero-order valence-corrected chi connectivity index (χ0v) is 14.3. The van der Waals surface area contributed by atoms with Crippen LogP contribution in [0.15, 0.2) is 23.2 Å². The summed E-state index contributed by atoms with van der Waals surface area (Å²) in [7, 11) is 3.08. The number of hydrogen-bond acceptors (Lipinski definition) is 6. The quantitative estimate of drug-likeness (QED) is 0.817. The smallest absolute Gasteiger partial charge is 0.240 e. The van der Waals surface area contributed by atoms with E-state index >= 15 is 0 Å². The van der Waals surface area contributed by atoms with Crippen molar-refractivity contribution in [1.29, 1.82) is 0 Å². The van der Waals surface area contributed by atoms with E-state index in [-0.39, 0.29) is 18.2 Å². The van der Waals surface area contributed by atoms with E-state index in [2.05, 4.69) is 15.6 Å².